The van der Waals surface area contributed by atoms with Crippen LogP contribution in [-0.2, 0) is 9.59 Å². The van der Waals surface area contributed by atoms with E-state index in [4.69, 9.17) is 5.11 Å². The zero-order valence-electron chi connectivity index (χ0n) is 10.7. The molecule has 0 heterocycles. The number of carboxylic acids is 1. The quantitative estimate of drug-likeness (QED) is 0.749. The molecule has 1 aliphatic rings. The molecule has 3 atom stereocenters. The van der Waals surface area contributed by atoms with Crippen molar-refractivity contribution in [3.63, 3.8) is 0 Å². The fraction of sp³-hybridized carbons (Fsp3) is 0.846. The first-order valence-electron chi connectivity index (χ1n) is 6.53. The lowest BCUT2D eigenvalue weighted by Gasteiger charge is -2.19. The maximum absolute atomic E-state index is 11.9. The molecule has 0 spiro atoms. The Morgan fingerprint density at radius 2 is 2.12 bits per heavy atom. The Morgan fingerprint density at radius 3 is 2.65 bits per heavy atom. The molecular formula is C13H23NO3. The molecule has 1 aliphatic carbocycles. The van der Waals surface area contributed by atoms with Gasteiger partial charge in [-0.3, -0.25) is 9.59 Å². The van der Waals surface area contributed by atoms with Gasteiger partial charge >= 0.3 is 5.97 Å². The smallest absolute Gasteiger partial charge is 0.303 e. The molecule has 0 aromatic carbocycles. The van der Waals surface area contributed by atoms with Crippen LogP contribution in [0.2, 0.25) is 0 Å². The molecule has 1 saturated carbocycles. The van der Waals surface area contributed by atoms with Crippen LogP contribution in [0.25, 0.3) is 0 Å². The van der Waals surface area contributed by atoms with Gasteiger partial charge in [0.15, 0.2) is 0 Å². The monoisotopic (exact) mass is 241 g/mol. The third-order valence-electron chi connectivity index (χ3n) is 3.61. The maximum Gasteiger partial charge on any atom is 0.303 e. The third-order valence-corrected chi connectivity index (χ3v) is 3.61. The molecule has 1 amide bonds. The molecule has 17 heavy (non-hydrogen) atoms. The van der Waals surface area contributed by atoms with Gasteiger partial charge in [-0.15, -0.1) is 0 Å². The van der Waals surface area contributed by atoms with Crippen molar-refractivity contribution in [2.45, 2.75) is 58.4 Å². The highest BCUT2D eigenvalue weighted by Gasteiger charge is 2.29. The van der Waals surface area contributed by atoms with Gasteiger partial charge in [-0.2, -0.15) is 0 Å². The van der Waals surface area contributed by atoms with E-state index in [0.29, 0.717) is 12.3 Å². The van der Waals surface area contributed by atoms with Crippen molar-refractivity contribution in [2.75, 3.05) is 0 Å². The van der Waals surface area contributed by atoms with E-state index >= 15 is 0 Å². The Balaban J connectivity index is 2.23. The Labute approximate surface area is 103 Å². The second-order valence-electron chi connectivity index (χ2n) is 5.21. The number of carbonyl (C=O) groups excluding carboxylic acids is 1. The number of rotatable bonds is 6. The van der Waals surface area contributed by atoms with Gasteiger partial charge in [0.1, 0.15) is 0 Å². The van der Waals surface area contributed by atoms with Gasteiger partial charge in [-0.1, -0.05) is 13.3 Å². The summed E-state index contributed by atoms with van der Waals surface area (Å²) >= 11 is 0. The van der Waals surface area contributed by atoms with Gasteiger partial charge in [0.05, 0.1) is 0 Å². The van der Waals surface area contributed by atoms with Crippen LogP contribution >= 0.6 is 0 Å². The first-order chi connectivity index (χ1) is 8.00. The number of aliphatic carboxylic acids is 1. The first kappa shape index (κ1) is 14.0. The second-order valence-corrected chi connectivity index (χ2v) is 5.21. The lowest BCUT2D eigenvalue weighted by molar-refractivity contribution is -0.137. The highest BCUT2D eigenvalue weighted by molar-refractivity contribution is 5.79. The van der Waals surface area contributed by atoms with Crippen LogP contribution in [0.5, 0.6) is 0 Å². The predicted molar refractivity (Wildman–Crippen MR) is 65.6 cm³/mol. The van der Waals surface area contributed by atoms with E-state index in [-0.39, 0.29) is 24.3 Å². The second kappa shape index (κ2) is 6.62. The van der Waals surface area contributed by atoms with Crippen LogP contribution in [-0.4, -0.2) is 23.0 Å². The summed E-state index contributed by atoms with van der Waals surface area (Å²) in [5.74, 6) is 0.0314. The van der Waals surface area contributed by atoms with E-state index in [1.165, 1.54) is 0 Å². The topological polar surface area (TPSA) is 66.4 Å². The van der Waals surface area contributed by atoms with E-state index in [1.54, 1.807) is 0 Å². The number of amides is 1. The average Bonchev–Trinajstić information content (AvgIpc) is 2.63. The van der Waals surface area contributed by atoms with Gasteiger partial charge in [0.25, 0.3) is 0 Å². The standard InChI is InChI=1S/C13H23NO3/c1-9-5-3-7-11(9)13(17)14-10(2)6-4-8-12(15)16/h9-11H,3-8H2,1-2H3,(H,14,17)(H,15,16). The van der Waals surface area contributed by atoms with Crippen LogP contribution < -0.4 is 5.32 Å². The van der Waals surface area contributed by atoms with Gasteiger partial charge in [0, 0.05) is 18.4 Å². The lowest BCUT2D eigenvalue weighted by atomic mass is 9.97. The molecule has 0 saturated heterocycles. The Hall–Kier alpha value is -1.06. The van der Waals surface area contributed by atoms with Crippen LogP contribution in [0.15, 0.2) is 0 Å². The van der Waals surface area contributed by atoms with Gasteiger partial charge < -0.3 is 10.4 Å². The largest absolute Gasteiger partial charge is 0.481 e. The van der Waals surface area contributed by atoms with Crippen LogP contribution in [0.4, 0.5) is 0 Å². The van der Waals surface area contributed by atoms with Crippen molar-refractivity contribution in [1.29, 1.82) is 0 Å². The molecule has 2 N–H and O–H groups in total. The number of nitrogens with one attached hydrogen (secondary N) is 1. The van der Waals surface area contributed by atoms with Crippen molar-refractivity contribution in [1.82, 2.24) is 5.32 Å². The van der Waals surface area contributed by atoms with E-state index in [1.807, 2.05) is 6.92 Å². The van der Waals surface area contributed by atoms with Gasteiger partial charge in [-0.25, -0.2) is 0 Å². The first-order valence-corrected chi connectivity index (χ1v) is 6.53. The summed E-state index contributed by atoms with van der Waals surface area (Å²) in [6, 6.07) is 0.0784. The number of hydrogen-bond acceptors (Lipinski definition) is 2. The highest BCUT2D eigenvalue weighted by atomic mass is 16.4. The Bertz CT molecular complexity index is 278. The zero-order valence-corrected chi connectivity index (χ0v) is 10.7. The number of carbonyl (C=O) groups is 2. The highest BCUT2D eigenvalue weighted by Crippen LogP contribution is 2.31. The fourth-order valence-corrected chi connectivity index (χ4v) is 2.52. The molecule has 98 valence electrons. The van der Waals surface area contributed by atoms with Crippen LogP contribution in [0.3, 0.4) is 0 Å². The Morgan fingerprint density at radius 1 is 1.41 bits per heavy atom. The summed E-state index contributed by atoms with van der Waals surface area (Å²) < 4.78 is 0. The molecular weight excluding hydrogens is 218 g/mol. The van der Waals surface area contributed by atoms with Crippen LogP contribution in [0, 0.1) is 11.8 Å². The molecule has 4 nitrogen and oxygen atoms in total. The Kier molecular flexibility index (Phi) is 5.45. The van der Waals surface area contributed by atoms with E-state index in [2.05, 4.69) is 12.2 Å². The van der Waals surface area contributed by atoms with E-state index < -0.39 is 5.97 Å². The van der Waals surface area contributed by atoms with Crippen molar-refractivity contribution >= 4 is 11.9 Å². The molecule has 0 aromatic heterocycles. The van der Waals surface area contributed by atoms with Crippen molar-refractivity contribution in [2.24, 2.45) is 11.8 Å². The number of carboxylic acid groups (broad SMARTS) is 1. The summed E-state index contributed by atoms with van der Waals surface area (Å²) in [5, 5.41) is 11.5. The normalized spacial score (nSPS) is 25.5. The molecule has 4 heteroatoms. The molecule has 0 aromatic rings. The third kappa shape index (κ3) is 4.75. The van der Waals surface area contributed by atoms with Crippen molar-refractivity contribution < 1.29 is 14.7 Å². The molecule has 3 unspecified atom stereocenters. The average molecular weight is 241 g/mol. The number of hydrogen-bond donors (Lipinski definition) is 2. The van der Waals surface area contributed by atoms with Crippen molar-refractivity contribution in [3.8, 4) is 0 Å². The molecule has 1 rings (SSSR count). The molecule has 0 radical (unpaired) electrons. The zero-order chi connectivity index (χ0) is 12.8. The molecule has 0 bridgehead atoms. The summed E-state index contributed by atoms with van der Waals surface area (Å²) in [6.07, 6.45) is 4.82. The SMILES string of the molecule is CC(CCCC(=O)O)NC(=O)C1CCCC1C. The van der Waals surface area contributed by atoms with Crippen molar-refractivity contribution in [3.05, 3.63) is 0 Å². The van der Waals surface area contributed by atoms with Gasteiger partial charge in [-0.05, 0) is 38.5 Å². The summed E-state index contributed by atoms with van der Waals surface area (Å²) in [4.78, 5) is 22.3. The minimum atomic E-state index is -0.770. The predicted octanol–water partition coefficient (Wildman–Crippen LogP) is 2.18. The fourth-order valence-electron chi connectivity index (χ4n) is 2.52. The van der Waals surface area contributed by atoms with E-state index in [9.17, 15) is 9.59 Å². The van der Waals surface area contributed by atoms with Gasteiger partial charge in [0.2, 0.25) is 5.91 Å². The summed E-state index contributed by atoms with van der Waals surface area (Å²) in [6.45, 7) is 4.08. The molecule has 1 fully saturated rings. The minimum absolute atomic E-state index is 0.0784. The van der Waals surface area contributed by atoms with Crippen LogP contribution in [0.1, 0.15) is 52.4 Å². The minimum Gasteiger partial charge on any atom is -0.481 e. The summed E-state index contributed by atoms with van der Waals surface area (Å²) in [5.41, 5.74) is 0. The summed E-state index contributed by atoms with van der Waals surface area (Å²) in [7, 11) is 0. The maximum atomic E-state index is 11.9. The van der Waals surface area contributed by atoms with E-state index in [0.717, 1.165) is 25.7 Å². The molecule has 0 aliphatic heterocycles. The lowest BCUT2D eigenvalue weighted by Crippen LogP contribution is -2.38.